The molecule has 1 heterocycles. The molecule has 1 aromatic carbocycles. The smallest absolute Gasteiger partial charge is 0.251 e. The van der Waals surface area contributed by atoms with Crippen molar-refractivity contribution in [1.82, 2.24) is 10.2 Å². The van der Waals surface area contributed by atoms with Gasteiger partial charge in [0.2, 0.25) is 0 Å². The zero-order chi connectivity index (χ0) is 14.5. The van der Waals surface area contributed by atoms with Crippen molar-refractivity contribution in [3.63, 3.8) is 0 Å². The Bertz CT molecular complexity index is 436. The molecule has 0 spiro atoms. The van der Waals surface area contributed by atoms with Crippen LogP contribution in [0, 0.1) is 11.8 Å². The highest BCUT2D eigenvalue weighted by Gasteiger charge is 2.21. The van der Waals surface area contributed by atoms with Gasteiger partial charge in [-0.1, -0.05) is 25.4 Å². The lowest BCUT2D eigenvalue weighted by molar-refractivity contribution is 0.0936. The molecule has 0 radical (unpaired) electrons. The molecule has 1 aromatic rings. The highest BCUT2D eigenvalue weighted by atomic mass is 35.5. The number of likely N-dealkylation sites (tertiary alicyclic amines) is 1. The van der Waals surface area contributed by atoms with E-state index in [-0.39, 0.29) is 5.91 Å². The van der Waals surface area contributed by atoms with Gasteiger partial charge >= 0.3 is 0 Å². The monoisotopic (exact) mass is 294 g/mol. The molecular formula is C16H23ClN2O. The summed E-state index contributed by atoms with van der Waals surface area (Å²) in [6.07, 6.45) is 1.31. The minimum absolute atomic E-state index is 0.0280. The van der Waals surface area contributed by atoms with Crippen molar-refractivity contribution in [3.05, 3.63) is 34.9 Å². The topological polar surface area (TPSA) is 32.3 Å². The molecule has 1 aliphatic heterocycles. The van der Waals surface area contributed by atoms with Crippen molar-refractivity contribution >= 4 is 17.5 Å². The van der Waals surface area contributed by atoms with E-state index in [1.165, 1.54) is 6.42 Å². The van der Waals surface area contributed by atoms with E-state index in [2.05, 4.69) is 24.1 Å². The molecule has 4 heteroatoms. The van der Waals surface area contributed by atoms with Crippen LogP contribution in [0.5, 0.6) is 0 Å². The number of carbonyl (C=O) groups is 1. The summed E-state index contributed by atoms with van der Waals surface area (Å²) >= 11 is 5.81. The minimum Gasteiger partial charge on any atom is -0.351 e. The average Bonchev–Trinajstić information content (AvgIpc) is 2.38. The van der Waals surface area contributed by atoms with Gasteiger partial charge in [-0.2, -0.15) is 0 Å². The Hall–Kier alpha value is -1.06. The summed E-state index contributed by atoms with van der Waals surface area (Å²) < 4.78 is 0. The minimum atomic E-state index is -0.0280. The van der Waals surface area contributed by atoms with Crippen LogP contribution in [-0.4, -0.2) is 37.0 Å². The molecule has 110 valence electrons. The summed E-state index contributed by atoms with van der Waals surface area (Å²) in [7, 11) is 0. The quantitative estimate of drug-likeness (QED) is 0.926. The fourth-order valence-corrected chi connectivity index (χ4v) is 3.13. The summed E-state index contributed by atoms with van der Waals surface area (Å²) in [6, 6.07) is 6.99. The fourth-order valence-electron chi connectivity index (χ4n) is 3.01. The molecule has 1 saturated heterocycles. The lowest BCUT2D eigenvalue weighted by Gasteiger charge is -2.34. The number of halogens is 1. The van der Waals surface area contributed by atoms with Gasteiger partial charge < -0.3 is 10.2 Å². The van der Waals surface area contributed by atoms with E-state index in [1.54, 1.807) is 24.3 Å². The van der Waals surface area contributed by atoms with Gasteiger partial charge in [0.25, 0.3) is 5.91 Å². The van der Waals surface area contributed by atoms with Crippen LogP contribution in [0.1, 0.15) is 30.6 Å². The average molecular weight is 295 g/mol. The SMILES string of the molecule is CC1CC(C)CN(CCNC(=O)c2ccc(Cl)cc2)C1. The first-order chi connectivity index (χ1) is 9.54. The number of piperidine rings is 1. The van der Waals surface area contributed by atoms with Gasteiger partial charge in [-0.15, -0.1) is 0 Å². The lowest BCUT2D eigenvalue weighted by Crippen LogP contribution is -2.42. The van der Waals surface area contributed by atoms with Crippen LogP contribution in [0.3, 0.4) is 0 Å². The van der Waals surface area contributed by atoms with Crippen molar-refractivity contribution in [2.45, 2.75) is 20.3 Å². The van der Waals surface area contributed by atoms with Gasteiger partial charge in [-0.25, -0.2) is 0 Å². The van der Waals surface area contributed by atoms with Gasteiger partial charge in [-0.05, 0) is 42.5 Å². The van der Waals surface area contributed by atoms with Gasteiger partial charge in [0.1, 0.15) is 0 Å². The van der Waals surface area contributed by atoms with E-state index in [0.29, 0.717) is 17.1 Å². The summed E-state index contributed by atoms with van der Waals surface area (Å²) in [6.45, 7) is 8.50. The zero-order valence-electron chi connectivity index (χ0n) is 12.2. The number of hydrogen-bond donors (Lipinski definition) is 1. The number of amides is 1. The summed E-state index contributed by atoms with van der Waals surface area (Å²) in [4.78, 5) is 14.4. The predicted molar refractivity (Wildman–Crippen MR) is 83.2 cm³/mol. The Morgan fingerprint density at radius 3 is 2.45 bits per heavy atom. The van der Waals surface area contributed by atoms with E-state index >= 15 is 0 Å². The number of nitrogens with one attached hydrogen (secondary N) is 1. The first-order valence-corrected chi connectivity index (χ1v) is 7.68. The normalized spacial score (nSPS) is 23.6. The van der Waals surface area contributed by atoms with E-state index in [4.69, 9.17) is 11.6 Å². The van der Waals surface area contributed by atoms with Crippen LogP contribution in [0.4, 0.5) is 0 Å². The maximum absolute atomic E-state index is 12.0. The highest BCUT2D eigenvalue weighted by Crippen LogP contribution is 2.20. The first-order valence-electron chi connectivity index (χ1n) is 7.30. The molecule has 3 nitrogen and oxygen atoms in total. The van der Waals surface area contributed by atoms with Gasteiger partial charge in [0.05, 0.1) is 0 Å². The maximum atomic E-state index is 12.0. The number of benzene rings is 1. The molecule has 1 aliphatic rings. The van der Waals surface area contributed by atoms with E-state index < -0.39 is 0 Å². The Morgan fingerprint density at radius 1 is 1.25 bits per heavy atom. The fraction of sp³-hybridized carbons (Fsp3) is 0.562. The van der Waals surface area contributed by atoms with Crippen LogP contribution in [0.25, 0.3) is 0 Å². The molecule has 0 aliphatic carbocycles. The van der Waals surface area contributed by atoms with Crippen molar-refractivity contribution < 1.29 is 4.79 Å². The van der Waals surface area contributed by atoms with Crippen molar-refractivity contribution in [1.29, 1.82) is 0 Å². The molecule has 20 heavy (non-hydrogen) atoms. The standard InChI is InChI=1S/C16H23ClN2O/c1-12-9-13(2)11-19(10-12)8-7-18-16(20)14-3-5-15(17)6-4-14/h3-6,12-13H,7-11H2,1-2H3,(H,18,20). The number of nitrogens with zero attached hydrogens (tertiary/aromatic N) is 1. The largest absolute Gasteiger partial charge is 0.351 e. The number of hydrogen-bond acceptors (Lipinski definition) is 2. The molecule has 1 N–H and O–H groups in total. The van der Waals surface area contributed by atoms with Crippen molar-refractivity contribution in [2.24, 2.45) is 11.8 Å². The third kappa shape index (κ3) is 4.50. The van der Waals surface area contributed by atoms with Crippen LogP contribution in [0.2, 0.25) is 5.02 Å². The van der Waals surface area contributed by atoms with Crippen LogP contribution >= 0.6 is 11.6 Å². The second-order valence-electron chi connectivity index (χ2n) is 5.97. The summed E-state index contributed by atoms with van der Waals surface area (Å²) in [5.74, 6) is 1.48. The number of rotatable bonds is 4. The Morgan fingerprint density at radius 2 is 1.85 bits per heavy atom. The summed E-state index contributed by atoms with van der Waals surface area (Å²) in [5.41, 5.74) is 0.662. The molecule has 1 amide bonds. The molecule has 2 rings (SSSR count). The maximum Gasteiger partial charge on any atom is 0.251 e. The van der Waals surface area contributed by atoms with Crippen LogP contribution < -0.4 is 5.32 Å². The van der Waals surface area contributed by atoms with E-state index in [1.807, 2.05) is 0 Å². The second kappa shape index (κ2) is 7.09. The molecule has 2 atom stereocenters. The number of carbonyl (C=O) groups excluding carboxylic acids is 1. The highest BCUT2D eigenvalue weighted by molar-refractivity contribution is 6.30. The molecule has 1 fully saturated rings. The first kappa shape index (κ1) is 15.3. The van der Waals surface area contributed by atoms with Crippen molar-refractivity contribution in [3.8, 4) is 0 Å². The molecule has 0 aromatic heterocycles. The third-order valence-corrected chi connectivity index (χ3v) is 4.02. The van der Waals surface area contributed by atoms with Gasteiger partial charge in [0.15, 0.2) is 0 Å². The van der Waals surface area contributed by atoms with Crippen LogP contribution in [0.15, 0.2) is 24.3 Å². The Kier molecular flexibility index (Phi) is 5.44. The van der Waals surface area contributed by atoms with Crippen molar-refractivity contribution in [2.75, 3.05) is 26.2 Å². The van der Waals surface area contributed by atoms with E-state index in [0.717, 1.165) is 31.5 Å². The van der Waals surface area contributed by atoms with Crippen LogP contribution in [-0.2, 0) is 0 Å². The second-order valence-corrected chi connectivity index (χ2v) is 6.40. The van der Waals surface area contributed by atoms with Gasteiger partial charge in [-0.3, -0.25) is 4.79 Å². The lowest BCUT2D eigenvalue weighted by atomic mass is 9.92. The summed E-state index contributed by atoms with van der Waals surface area (Å²) in [5, 5.41) is 3.62. The molecule has 0 bridgehead atoms. The zero-order valence-corrected chi connectivity index (χ0v) is 13.0. The third-order valence-electron chi connectivity index (χ3n) is 3.76. The predicted octanol–water partition coefficient (Wildman–Crippen LogP) is 3.05. The molecule has 0 saturated carbocycles. The Labute approximate surface area is 126 Å². The molecular weight excluding hydrogens is 272 g/mol. The molecule has 2 unspecified atom stereocenters. The Balaban J connectivity index is 1.75. The van der Waals surface area contributed by atoms with E-state index in [9.17, 15) is 4.79 Å². The van der Waals surface area contributed by atoms with Gasteiger partial charge in [0, 0.05) is 36.8 Å².